The van der Waals surface area contributed by atoms with E-state index in [-0.39, 0.29) is 0 Å². The highest BCUT2D eigenvalue weighted by Gasteiger charge is 2.58. The maximum Gasteiger partial charge on any atom is 0.456 e. The topological polar surface area (TPSA) is 63.6 Å². The van der Waals surface area contributed by atoms with Crippen LogP contribution in [0.1, 0.15) is 6.42 Å². The van der Waals surface area contributed by atoms with Gasteiger partial charge in [-0.15, -0.1) is 0 Å². The van der Waals surface area contributed by atoms with Crippen LogP contribution in [0.3, 0.4) is 0 Å². The van der Waals surface area contributed by atoms with E-state index >= 15 is 0 Å². The first-order valence-corrected chi connectivity index (χ1v) is 3.98. The van der Waals surface area contributed by atoms with Crippen LogP contribution in [0.25, 0.3) is 0 Å². The van der Waals surface area contributed by atoms with Gasteiger partial charge in [0.15, 0.2) is 6.61 Å². The molecule has 0 saturated heterocycles. The lowest BCUT2D eigenvalue weighted by molar-refractivity contribution is -0.293. The van der Waals surface area contributed by atoms with Crippen molar-refractivity contribution in [3.63, 3.8) is 0 Å². The smallest absolute Gasteiger partial charge is 0.456 e. The highest BCUT2D eigenvalue weighted by Crippen LogP contribution is 2.35. The lowest BCUT2D eigenvalue weighted by Gasteiger charge is -2.19. The molecule has 17 heavy (non-hydrogen) atoms. The largest absolute Gasteiger partial charge is 0.481 e. The number of alkyl halides is 5. The van der Waals surface area contributed by atoms with Crippen molar-refractivity contribution in [3.8, 4) is 0 Å². The van der Waals surface area contributed by atoms with E-state index in [9.17, 15) is 31.5 Å². The third-order valence-corrected chi connectivity index (χ3v) is 1.45. The second kappa shape index (κ2) is 5.11. The number of rotatable bonds is 5. The van der Waals surface area contributed by atoms with Crippen LogP contribution in [0.4, 0.5) is 22.0 Å². The van der Waals surface area contributed by atoms with E-state index in [2.05, 4.69) is 11.3 Å². The molecular formula is C8H7F5O4. The molecule has 0 rings (SSSR count). The van der Waals surface area contributed by atoms with Crippen molar-refractivity contribution in [1.29, 1.82) is 0 Å². The Bertz CT molecular complexity index is 333. The molecule has 0 unspecified atom stereocenters. The number of aliphatic carboxylic acids is 1. The normalized spacial score (nSPS) is 12.1. The molecular weight excluding hydrogens is 255 g/mol. The van der Waals surface area contributed by atoms with Crippen LogP contribution in [-0.4, -0.2) is 35.8 Å². The van der Waals surface area contributed by atoms with Crippen molar-refractivity contribution in [2.75, 3.05) is 6.61 Å². The molecule has 9 heteroatoms. The monoisotopic (exact) mass is 262 g/mol. The fourth-order valence-electron chi connectivity index (χ4n) is 0.595. The van der Waals surface area contributed by atoms with Crippen molar-refractivity contribution >= 4 is 11.9 Å². The predicted molar refractivity (Wildman–Crippen MR) is 43.4 cm³/mol. The summed E-state index contributed by atoms with van der Waals surface area (Å²) in [5.41, 5.74) is -0.726. The van der Waals surface area contributed by atoms with Gasteiger partial charge in [-0.3, -0.25) is 4.79 Å². The van der Waals surface area contributed by atoms with E-state index in [0.717, 1.165) is 0 Å². The molecule has 0 radical (unpaired) electrons. The van der Waals surface area contributed by atoms with Gasteiger partial charge in [0, 0.05) is 5.57 Å². The van der Waals surface area contributed by atoms with E-state index in [1.54, 1.807) is 0 Å². The molecule has 1 N–H and O–H groups in total. The molecule has 0 aliphatic carbocycles. The maximum atomic E-state index is 12.3. The minimum atomic E-state index is -5.85. The summed E-state index contributed by atoms with van der Waals surface area (Å²) in [6.45, 7) is 0.662. The standard InChI is InChI=1S/C8H7F5O4/c1-4(2-5(14)15)6(16)17-3-7(9,10)8(11,12)13/h1-3H2,(H,14,15). The van der Waals surface area contributed by atoms with Gasteiger partial charge < -0.3 is 9.84 Å². The molecule has 4 nitrogen and oxygen atoms in total. The summed E-state index contributed by atoms with van der Waals surface area (Å²) in [4.78, 5) is 20.8. The van der Waals surface area contributed by atoms with Crippen LogP contribution in [0.5, 0.6) is 0 Å². The van der Waals surface area contributed by atoms with Crippen molar-refractivity contribution in [2.45, 2.75) is 18.5 Å². The van der Waals surface area contributed by atoms with Gasteiger partial charge in [-0.1, -0.05) is 6.58 Å². The molecule has 0 aromatic carbocycles. The fraction of sp³-hybridized carbons (Fsp3) is 0.500. The van der Waals surface area contributed by atoms with Crippen LogP contribution in [0.2, 0.25) is 0 Å². The van der Waals surface area contributed by atoms with Gasteiger partial charge in [-0.05, 0) is 0 Å². The van der Waals surface area contributed by atoms with Crippen LogP contribution in [-0.2, 0) is 14.3 Å². The number of carbonyl (C=O) groups is 2. The lowest BCUT2D eigenvalue weighted by Crippen LogP contribution is -2.41. The summed E-state index contributed by atoms with van der Waals surface area (Å²) in [6, 6.07) is 0. The Morgan fingerprint density at radius 1 is 1.18 bits per heavy atom. The number of esters is 1. The number of hydrogen-bond acceptors (Lipinski definition) is 3. The summed E-state index contributed by atoms with van der Waals surface area (Å²) < 4.78 is 63.1. The Morgan fingerprint density at radius 3 is 2.00 bits per heavy atom. The Morgan fingerprint density at radius 2 is 1.65 bits per heavy atom. The SMILES string of the molecule is C=C(CC(=O)O)C(=O)OCC(F)(F)C(F)(F)F. The molecule has 0 aliphatic rings. The van der Waals surface area contributed by atoms with Gasteiger partial charge in [-0.25, -0.2) is 4.79 Å². The Kier molecular flexibility index (Phi) is 4.60. The number of halogens is 5. The van der Waals surface area contributed by atoms with Crippen molar-refractivity contribution < 1.29 is 41.4 Å². The van der Waals surface area contributed by atoms with E-state index in [1.165, 1.54) is 0 Å². The Hall–Kier alpha value is -1.67. The molecule has 0 spiro atoms. The fourth-order valence-corrected chi connectivity index (χ4v) is 0.595. The quantitative estimate of drug-likeness (QED) is 0.466. The molecule has 0 atom stereocenters. The molecule has 0 heterocycles. The first-order valence-electron chi connectivity index (χ1n) is 3.98. The summed E-state index contributed by atoms with van der Waals surface area (Å²) in [6.07, 6.45) is -6.75. The van der Waals surface area contributed by atoms with Gasteiger partial charge in [0.2, 0.25) is 0 Å². The van der Waals surface area contributed by atoms with E-state index in [1.807, 2.05) is 0 Å². The van der Waals surface area contributed by atoms with Crippen molar-refractivity contribution in [1.82, 2.24) is 0 Å². The van der Waals surface area contributed by atoms with Gasteiger partial charge in [-0.2, -0.15) is 22.0 Å². The maximum absolute atomic E-state index is 12.3. The minimum absolute atomic E-state index is 0.726. The molecule has 0 aromatic heterocycles. The second-order valence-electron chi connectivity index (χ2n) is 2.95. The van der Waals surface area contributed by atoms with Crippen LogP contribution in [0, 0.1) is 0 Å². The zero-order valence-corrected chi connectivity index (χ0v) is 8.18. The van der Waals surface area contributed by atoms with E-state index < -0.39 is 42.6 Å². The van der Waals surface area contributed by atoms with Gasteiger partial charge in [0.05, 0.1) is 6.42 Å². The number of carbonyl (C=O) groups excluding carboxylic acids is 1. The van der Waals surface area contributed by atoms with Gasteiger partial charge >= 0.3 is 24.0 Å². The highest BCUT2D eigenvalue weighted by molar-refractivity contribution is 5.92. The molecule has 0 saturated carbocycles. The van der Waals surface area contributed by atoms with Crippen molar-refractivity contribution in [2.24, 2.45) is 0 Å². The summed E-state index contributed by atoms with van der Waals surface area (Å²) in [5, 5.41) is 8.19. The number of carboxylic acids is 1. The average molecular weight is 262 g/mol. The number of ether oxygens (including phenoxy) is 1. The first-order chi connectivity index (χ1) is 7.47. The highest BCUT2D eigenvalue weighted by atomic mass is 19.4. The Balaban J connectivity index is 4.35. The molecule has 98 valence electrons. The third kappa shape index (κ3) is 4.79. The zero-order chi connectivity index (χ0) is 13.9. The second-order valence-corrected chi connectivity index (χ2v) is 2.95. The summed E-state index contributed by atoms with van der Waals surface area (Å²) >= 11 is 0. The molecule has 0 aromatic rings. The third-order valence-electron chi connectivity index (χ3n) is 1.45. The molecule has 0 fully saturated rings. The molecule has 0 aliphatic heterocycles. The Labute approximate surface area is 91.7 Å². The molecule has 0 amide bonds. The van der Waals surface area contributed by atoms with Crippen LogP contribution >= 0.6 is 0 Å². The van der Waals surface area contributed by atoms with E-state index in [4.69, 9.17) is 5.11 Å². The summed E-state index contributed by atoms with van der Waals surface area (Å²) in [7, 11) is 0. The van der Waals surface area contributed by atoms with E-state index in [0.29, 0.717) is 0 Å². The van der Waals surface area contributed by atoms with Crippen molar-refractivity contribution in [3.05, 3.63) is 12.2 Å². The average Bonchev–Trinajstić information content (AvgIpc) is 2.11. The lowest BCUT2D eigenvalue weighted by atomic mass is 10.2. The van der Waals surface area contributed by atoms with Crippen LogP contribution < -0.4 is 0 Å². The first kappa shape index (κ1) is 15.3. The minimum Gasteiger partial charge on any atom is -0.481 e. The molecule has 0 bridgehead atoms. The number of carboxylic acid groups (broad SMARTS) is 1. The predicted octanol–water partition coefficient (Wildman–Crippen LogP) is 1.76. The number of hydrogen-bond donors (Lipinski definition) is 1. The zero-order valence-electron chi connectivity index (χ0n) is 8.18. The van der Waals surface area contributed by atoms with Crippen LogP contribution in [0.15, 0.2) is 12.2 Å². The summed E-state index contributed by atoms with van der Waals surface area (Å²) in [5.74, 6) is -8.29. The van der Waals surface area contributed by atoms with Gasteiger partial charge in [0.1, 0.15) is 0 Å². The van der Waals surface area contributed by atoms with Gasteiger partial charge in [0.25, 0.3) is 0 Å².